The van der Waals surface area contributed by atoms with E-state index in [0.717, 1.165) is 0 Å². The highest BCUT2D eigenvalue weighted by Gasteiger charge is 2.18. The summed E-state index contributed by atoms with van der Waals surface area (Å²) >= 11 is 0. The summed E-state index contributed by atoms with van der Waals surface area (Å²) in [5.41, 5.74) is 1.21. The van der Waals surface area contributed by atoms with Gasteiger partial charge in [0.15, 0.2) is 0 Å². The number of amides is 3. The van der Waals surface area contributed by atoms with Crippen molar-refractivity contribution in [2.75, 3.05) is 31.6 Å². The Labute approximate surface area is 139 Å². The van der Waals surface area contributed by atoms with E-state index in [-0.39, 0.29) is 11.9 Å². The number of nitrogens with one attached hydrogen (secondary N) is 2. The second-order valence-corrected chi connectivity index (χ2v) is 5.37. The second-order valence-electron chi connectivity index (χ2n) is 5.37. The summed E-state index contributed by atoms with van der Waals surface area (Å²) in [6.07, 6.45) is 1.55. The van der Waals surface area contributed by atoms with E-state index in [9.17, 15) is 9.59 Å². The van der Waals surface area contributed by atoms with Crippen LogP contribution < -0.4 is 10.6 Å². The highest BCUT2D eigenvalue weighted by Crippen LogP contribution is 2.12. The number of carbonyl (C=O) groups excluding carboxylic acids is 2. The minimum atomic E-state index is -0.335. The second kappa shape index (κ2) is 7.65. The molecule has 1 aromatic heterocycles. The molecule has 3 amide bonds. The lowest BCUT2D eigenvalue weighted by atomic mass is 10.1. The van der Waals surface area contributed by atoms with Gasteiger partial charge in [0, 0.05) is 24.3 Å². The molecular weight excluding hydrogens is 310 g/mol. The molecule has 7 nitrogen and oxygen atoms in total. The van der Waals surface area contributed by atoms with Crippen molar-refractivity contribution in [2.45, 2.75) is 6.54 Å². The lowest BCUT2D eigenvalue weighted by Crippen LogP contribution is -2.40. The number of nitrogens with zero attached hydrogens (tertiary/aromatic N) is 1. The Kier molecular flexibility index (Phi) is 5.12. The number of benzene rings is 1. The Balaban J connectivity index is 1.52. The van der Waals surface area contributed by atoms with Crippen molar-refractivity contribution in [3.63, 3.8) is 0 Å². The Morgan fingerprint density at radius 2 is 1.83 bits per heavy atom. The summed E-state index contributed by atoms with van der Waals surface area (Å²) in [5.74, 6) is 0.656. The molecule has 24 heavy (non-hydrogen) atoms. The molecule has 0 bridgehead atoms. The van der Waals surface area contributed by atoms with E-state index in [1.54, 1.807) is 47.6 Å². The van der Waals surface area contributed by atoms with Gasteiger partial charge in [0.05, 0.1) is 26.0 Å². The van der Waals surface area contributed by atoms with Crippen molar-refractivity contribution in [1.82, 2.24) is 10.2 Å². The predicted molar refractivity (Wildman–Crippen MR) is 87.7 cm³/mol. The number of urea groups is 1. The van der Waals surface area contributed by atoms with Crippen LogP contribution in [0.3, 0.4) is 0 Å². The van der Waals surface area contributed by atoms with Gasteiger partial charge in [-0.1, -0.05) is 0 Å². The maximum Gasteiger partial charge on any atom is 0.319 e. The Bertz CT molecular complexity index is 676. The molecule has 126 valence electrons. The van der Waals surface area contributed by atoms with Crippen molar-refractivity contribution in [2.24, 2.45) is 0 Å². The van der Waals surface area contributed by atoms with Gasteiger partial charge in [0.25, 0.3) is 5.91 Å². The van der Waals surface area contributed by atoms with Gasteiger partial charge < -0.3 is 24.7 Å². The molecule has 7 heteroatoms. The number of furan rings is 1. The van der Waals surface area contributed by atoms with Crippen LogP contribution in [0.4, 0.5) is 10.5 Å². The monoisotopic (exact) mass is 329 g/mol. The first-order valence-corrected chi connectivity index (χ1v) is 7.77. The molecule has 2 N–H and O–H groups in total. The molecular formula is C17H19N3O4. The summed E-state index contributed by atoms with van der Waals surface area (Å²) in [6, 6.07) is 10.0. The molecule has 0 atom stereocenters. The summed E-state index contributed by atoms with van der Waals surface area (Å²) in [7, 11) is 0. The van der Waals surface area contributed by atoms with Crippen LogP contribution in [0, 0.1) is 0 Å². The molecule has 1 aromatic carbocycles. The Morgan fingerprint density at radius 1 is 1.08 bits per heavy atom. The van der Waals surface area contributed by atoms with Crippen LogP contribution in [0.25, 0.3) is 0 Å². The normalized spacial score (nSPS) is 14.2. The van der Waals surface area contributed by atoms with Crippen molar-refractivity contribution in [1.29, 1.82) is 0 Å². The third-order valence-corrected chi connectivity index (χ3v) is 3.69. The van der Waals surface area contributed by atoms with Crippen LogP contribution in [0.1, 0.15) is 16.1 Å². The van der Waals surface area contributed by atoms with Crippen molar-refractivity contribution in [3.05, 3.63) is 54.0 Å². The highest BCUT2D eigenvalue weighted by atomic mass is 16.5. The fourth-order valence-electron chi connectivity index (χ4n) is 2.40. The number of anilines is 1. The van der Waals surface area contributed by atoms with Crippen LogP contribution in [0.15, 0.2) is 47.1 Å². The fourth-order valence-corrected chi connectivity index (χ4v) is 2.40. The predicted octanol–water partition coefficient (Wildman–Crippen LogP) is 2.07. The van der Waals surface area contributed by atoms with E-state index < -0.39 is 0 Å². The highest BCUT2D eigenvalue weighted by molar-refractivity contribution is 5.95. The van der Waals surface area contributed by atoms with Gasteiger partial charge >= 0.3 is 6.03 Å². The quantitative estimate of drug-likeness (QED) is 0.899. The minimum absolute atomic E-state index is 0.0212. The molecule has 2 aromatic rings. The fraction of sp³-hybridized carbons (Fsp3) is 0.294. The lowest BCUT2D eigenvalue weighted by Gasteiger charge is -2.26. The van der Waals surface area contributed by atoms with Crippen molar-refractivity contribution >= 4 is 17.6 Å². The lowest BCUT2D eigenvalue weighted by molar-refractivity contribution is 0.0303. The number of ether oxygens (including phenoxy) is 1. The van der Waals surface area contributed by atoms with Crippen LogP contribution in [0.2, 0.25) is 0 Å². The van der Waals surface area contributed by atoms with Gasteiger partial charge in [-0.2, -0.15) is 0 Å². The van der Waals surface area contributed by atoms with E-state index >= 15 is 0 Å². The van der Waals surface area contributed by atoms with Gasteiger partial charge in [-0.05, 0) is 36.4 Å². The van der Waals surface area contributed by atoms with Gasteiger partial charge in [0.2, 0.25) is 0 Å². The number of rotatable bonds is 4. The topological polar surface area (TPSA) is 83.8 Å². The van der Waals surface area contributed by atoms with E-state index in [2.05, 4.69) is 10.6 Å². The summed E-state index contributed by atoms with van der Waals surface area (Å²) in [6.45, 7) is 2.66. The first-order chi connectivity index (χ1) is 11.7. The average molecular weight is 329 g/mol. The zero-order chi connectivity index (χ0) is 16.8. The summed E-state index contributed by atoms with van der Waals surface area (Å²) in [4.78, 5) is 25.9. The van der Waals surface area contributed by atoms with Crippen LogP contribution in [-0.2, 0) is 11.3 Å². The smallest absolute Gasteiger partial charge is 0.319 e. The average Bonchev–Trinajstić information content (AvgIpc) is 3.14. The van der Waals surface area contributed by atoms with Crippen LogP contribution >= 0.6 is 0 Å². The minimum Gasteiger partial charge on any atom is -0.467 e. The Morgan fingerprint density at radius 3 is 2.50 bits per heavy atom. The maximum absolute atomic E-state index is 12.3. The molecule has 1 saturated heterocycles. The van der Waals surface area contributed by atoms with Crippen molar-refractivity contribution < 1.29 is 18.7 Å². The Hall–Kier alpha value is -2.80. The number of carbonyl (C=O) groups is 2. The zero-order valence-corrected chi connectivity index (χ0v) is 13.2. The zero-order valence-electron chi connectivity index (χ0n) is 13.2. The molecule has 3 rings (SSSR count). The summed E-state index contributed by atoms with van der Waals surface area (Å²) < 4.78 is 10.4. The summed E-state index contributed by atoms with van der Waals surface area (Å²) in [5, 5.41) is 5.40. The molecule has 0 saturated carbocycles. The van der Waals surface area contributed by atoms with E-state index in [1.807, 2.05) is 0 Å². The number of morpholine rings is 1. The third kappa shape index (κ3) is 4.14. The first-order valence-electron chi connectivity index (χ1n) is 7.77. The van der Waals surface area contributed by atoms with Gasteiger partial charge in [-0.3, -0.25) is 4.79 Å². The van der Waals surface area contributed by atoms with Gasteiger partial charge in [-0.25, -0.2) is 4.79 Å². The molecule has 1 fully saturated rings. The van der Waals surface area contributed by atoms with Crippen LogP contribution in [-0.4, -0.2) is 43.1 Å². The number of hydrogen-bond donors (Lipinski definition) is 2. The van der Waals surface area contributed by atoms with E-state index in [1.165, 1.54) is 0 Å². The SMILES string of the molecule is O=C(NCc1ccco1)Nc1ccc(C(=O)N2CCOCC2)cc1. The molecule has 0 aliphatic carbocycles. The van der Waals surface area contributed by atoms with E-state index in [4.69, 9.17) is 9.15 Å². The molecule has 2 heterocycles. The molecule has 1 aliphatic heterocycles. The number of hydrogen-bond acceptors (Lipinski definition) is 4. The third-order valence-electron chi connectivity index (χ3n) is 3.69. The van der Waals surface area contributed by atoms with Crippen LogP contribution in [0.5, 0.6) is 0 Å². The maximum atomic E-state index is 12.3. The van der Waals surface area contributed by atoms with Gasteiger partial charge in [-0.15, -0.1) is 0 Å². The van der Waals surface area contributed by atoms with Crippen molar-refractivity contribution in [3.8, 4) is 0 Å². The first kappa shape index (κ1) is 16.1. The molecule has 1 aliphatic rings. The molecule has 0 radical (unpaired) electrons. The molecule has 0 unspecified atom stereocenters. The van der Waals surface area contributed by atoms with Gasteiger partial charge in [0.1, 0.15) is 5.76 Å². The standard InChI is InChI=1S/C17H19N3O4/c21-16(20-7-10-23-11-8-20)13-3-5-14(6-4-13)19-17(22)18-12-15-2-1-9-24-15/h1-6,9H,7-8,10-12H2,(H2,18,19,22). The van der Waals surface area contributed by atoms with E-state index in [0.29, 0.717) is 49.9 Å². The largest absolute Gasteiger partial charge is 0.467 e. The molecule has 0 spiro atoms.